The fraction of sp³-hybridized carbons (Fsp3) is 0.476. The lowest BCUT2D eigenvalue weighted by atomic mass is 9.63. The van der Waals surface area contributed by atoms with Crippen LogP contribution in [0.15, 0.2) is 36.4 Å². The molecule has 0 unspecified atom stereocenters. The Morgan fingerprint density at radius 3 is 2.33 bits per heavy atom. The lowest BCUT2D eigenvalue weighted by Crippen LogP contribution is -2.55. The Morgan fingerprint density at radius 1 is 1.15 bits per heavy atom. The minimum atomic E-state index is -1.61. The Hall–Kier alpha value is -2.47. The number of ketones is 1. The fourth-order valence-corrected chi connectivity index (χ4v) is 3.57. The van der Waals surface area contributed by atoms with Crippen LogP contribution in [0.3, 0.4) is 0 Å². The van der Waals surface area contributed by atoms with Crippen LogP contribution in [0.1, 0.15) is 32.8 Å². The van der Waals surface area contributed by atoms with E-state index < -0.39 is 41.1 Å². The molecule has 1 saturated carbocycles. The summed E-state index contributed by atoms with van der Waals surface area (Å²) in [7, 11) is 0. The van der Waals surface area contributed by atoms with E-state index in [0.29, 0.717) is 0 Å². The number of rotatable bonds is 6. The first-order chi connectivity index (χ1) is 12.8. The number of hydrogen-bond acceptors (Lipinski definition) is 6. The summed E-state index contributed by atoms with van der Waals surface area (Å²) in [5.74, 6) is -4.83. The van der Waals surface area contributed by atoms with Crippen molar-refractivity contribution in [2.45, 2.75) is 32.8 Å². The molecule has 1 N–H and O–H groups in total. The molecule has 2 rings (SSSR count). The van der Waals surface area contributed by atoms with Crippen LogP contribution in [-0.4, -0.2) is 41.6 Å². The van der Waals surface area contributed by atoms with Gasteiger partial charge in [-0.1, -0.05) is 42.5 Å². The van der Waals surface area contributed by atoms with Crippen LogP contribution >= 0.6 is 0 Å². The van der Waals surface area contributed by atoms with Crippen molar-refractivity contribution in [2.24, 2.45) is 17.8 Å². The normalized spacial score (nSPS) is 28.1. The average molecular weight is 374 g/mol. The monoisotopic (exact) mass is 374 g/mol. The first-order valence-electron chi connectivity index (χ1n) is 9.13. The Morgan fingerprint density at radius 2 is 1.74 bits per heavy atom. The third-order valence-electron chi connectivity index (χ3n) is 4.71. The number of Topliss-reactive ketones (excluding diaryl/α,β-unsaturated/α-hetero) is 1. The third kappa shape index (κ3) is 4.83. The lowest BCUT2D eigenvalue weighted by molar-refractivity contribution is -0.174. The maximum Gasteiger partial charge on any atom is 0.317 e. The molecule has 6 nitrogen and oxygen atoms in total. The summed E-state index contributed by atoms with van der Waals surface area (Å²) in [6.07, 6.45) is 3.05. The predicted molar refractivity (Wildman–Crippen MR) is 99.5 cm³/mol. The molecule has 0 saturated heterocycles. The molecule has 0 aliphatic heterocycles. The molecule has 4 atom stereocenters. The topological polar surface area (TPSA) is 89.9 Å². The highest BCUT2D eigenvalue weighted by Crippen LogP contribution is 2.42. The number of aliphatic hydroxyl groups is 1. The number of benzene rings is 1. The van der Waals surface area contributed by atoms with Gasteiger partial charge in [0.05, 0.1) is 24.7 Å². The fourth-order valence-electron chi connectivity index (χ4n) is 3.57. The molecule has 0 radical (unpaired) electrons. The van der Waals surface area contributed by atoms with Crippen LogP contribution in [-0.2, 0) is 23.9 Å². The SMILES string of the molecule is CCOC(=O)[C@@H]1C(=O)C[C@](C)(O)[C@@H](C(=O)OCC)[C@@H]1/C=C/c1ccccc1. The summed E-state index contributed by atoms with van der Waals surface area (Å²) < 4.78 is 10.2. The van der Waals surface area contributed by atoms with Crippen molar-refractivity contribution in [3.8, 4) is 0 Å². The van der Waals surface area contributed by atoms with E-state index in [0.717, 1.165) is 5.56 Å². The van der Waals surface area contributed by atoms with Crippen LogP contribution in [0.5, 0.6) is 0 Å². The van der Waals surface area contributed by atoms with E-state index in [9.17, 15) is 19.5 Å². The van der Waals surface area contributed by atoms with Gasteiger partial charge in [-0.25, -0.2) is 0 Å². The van der Waals surface area contributed by atoms with Crippen molar-refractivity contribution in [1.82, 2.24) is 0 Å². The molecule has 0 aromatic heterocycles. The van der Waals surface area contributed by atoms with Crippen molar-refractivity contribution < 1.29 is 29.0 Å². The predicted octanol–water partition coefficient (Wildman–Crippen LogP) is 2.40. The highest BCUT2D eigenvalue weighted by atomic mass is 16.5. The number of carbonyl (C=O) groups excluding carboxylic acids is 3. The average Bonchev–Trinajstić information content (AvgIpc) is 2.59. The molecular weight excluding hydrogens is 348 g/mol. The van der Waals surface area contributed by atoms with Crippen LogP contribution in [0.25, 0.3) is 6.08 Å². The van der Waals surface area contributed by atoms with Gasteiger partial charge in [-0.2, -0.15) is 0 Å². The molecule has 1 aromatic rings. The summed E-state index contributed by atoms with van der Waals surface area (Å²) in [6.45, 7) is 5.01. The van der Waals surface area contributed by atoms with Crippen LogP contribution in [0.2, 0.25) is 0 Å². The van der Waals surface area contributed by atoms with Gasteiger partial charge in [-0.05, 0) is 26.3 Å². The van der Waals surface area contributed by atoms with E-state index in [1.807, 2.05) is 30.3 Å². The van der Waals surface area contributed by atoms with Crippen LogP contribution in [0.4, 0.5) is 0 Å². The summed E-state index contributed by atoms with van der Waals surface area (Å²) in [5.41, 5.74) is -0.765. The number of ether oxygens (including phenoxy) is 2. The first kappa shape index (κ1) is 20.8. The summed E-state index contributed by atoms with van der Waals surface area (Å²) >= 11 is 0. The number of hydrogen-bond donors (Lipinski definition) is 1. The smallest absolute Gasteiger partial charge is 0.317 e. The Bertz CT molecular complexity index is 707. The van der Waals surface area contributed by atoms with Crippen molar-refractivity contribution in [1.29, 1.82) is 0 Å². The zero-order valence-electron chi connectivity index (χ0n) is 15.9. The molecule has 1 aliphatic carbocycles. The molecule has 1 aliphatic rings. The molecule has 0 amide bonds. The number of esters is 2. The highest BCUT2D eigenvalue weighted by Gasteiger charge is 2.55. The largest absolute Gasteiger partial charge is 0.466 e. The van der Waals surface area contributed by atoms with E-state index in [2.05, 4.69) is 0 Å². The second-order valence-corrected chi connectivity index (χ2v) is 6.81. The third-order valence-corrected chi connectivity index (χ3v) is 4.71. The second kappa shape index (κ2) is 8.95. The van der Waals surface area contributed by atoms with E-state index in [-0.39, 0.29) is 19.6 Å². The maximum absolute atomic E-state index is 12.6. The van der Waals surface area contributed by atoms with Gasteiger partial charge < -0.3 is 14.6 Å². The summed E-state index contributed by atoms with van der Waals surface area (Å²) in [5, 5.41) is 10.8. The molecule has 0 spiro atoms. The van der Waals surface area contributed by atoms with Crippen molar-refractivity contribution >= 4 is 23.8 Å². The maximum atomic E-state index is 12.6. The second-order valence-electron chi connectivity index (χ2n) is 6.81. The molecule has 0 bridgehead atoms. The van der Waals surface area contributed by atoms with Crippen molar-refractivity contribution in [2.75, 3.05) is 13.2 Å². The van der Waals surface area contributed by atoms with Gasteiger partial charge in [0, 0.05) is 12.3 Å². The Kier molecular flexibility index (Phi) is 6.91. The van der Waals surface area contributed by atoms with Gasteiger partial charge >= 0.3 is 11.9 Å². The van der Waals surface area contributed by atoms with Crippen molar-refractivity contribution in [3.05, 3.63) is 42.0 Å². The van der Waals surface area contributed by atoms with Crippen molar-refractivity contribution in [3.63, 3.8) is 0 Å². The molecule has 1 aromatic carbocycles. The summed E-state index contributed by atoms with van der Waals surface area (Å²) in [6, 6.07) is 9.30. The summed E-state index contributed by atoms with van der Waals surface area (Å²) in [4.78, 5) is 37.7. The highest BCUT2D eigenvalue weighted by molar-refractivity contribution is 6.02. The van der Waals surface area contributed by atoms with E-state index in [1.54, 1.807) is 26.0 Å². The van der Waals surface area contributed by atoms with Gasteiger partial charge in [-0.3, -0.25) is 14.4 Å². The Balaban J connectivity index is 2.48. The van der Waals surface area contributed by atoms with Gasteiger partial charge in [0.1, 0.15) is 5.92 Å². The molecule has 1 fully saturated rings. The van der Waals surface area contributed by atoms with E-state index in [1.165, 1.54) is 6.92 Å². The van der Waals surface area contributed by atoms with Gasteiger partial charge in [0.2, 0.25) is 0 Å². The standard InChI is InChI=1S/C21H26O6/c1-4-26-19(23)17-15(12-11-14-9-7-6-8-10-14)18(20(24)27-5-2)21(3,25)13-16(17)22/h6-12,15,17-18,25H,4-5,13H2,1-3H3/b12-11+/t15-,17+,18-,21+/m1/s1. The van der Waals surface area contributed by atoms with Gasteiger partial charge in [0.15, 0.2) is 5.78 Å². The molecule has 146 valence electrons. The van der Waals surface area contributed by atoms with Crippen LogP contribution in [0, 0.1) is 17.8 Å². The lowest BCUT2D eigenvalue weighted by Gasteiger charge is -2.42. The van der Waals surface area contributed by atoms with Gasteiger partial charge in [-0.15, -0.1) is 0 Å². The van der Waals surface area contributed by atoms with Gasteiger partial charge in [0.25, 0.3) is 0 Å². The molecule has 0 heterocycles. The quantitative estimate of drug-likeness (QED) is 0.607. The molecular formula is C21H26O6. The zero-order chi connectivity index (χ0) is 20.0. The molecule has 6 heteroatoms. The van der Waals surface area contributed by atoms with E-state index in [4.69, 9.17) is 9.47 Å². The number of carbonyl (C=O) groups is 3. The zero-order valence-corrected chi connectivity index (χ0v) is 15.9. The Labute approximate surface area is 159 Å². The minimum Gasteiger partial charge on any atom is -0.466 e. The first-order valence-corrected chi connectivity index (χ1v) is 9.13. The number of allylic oxidation sites excluding steroid dienone is 1. The molecule has 27 heavy (non-hydrogen) atoms. The minimum absolute atomic E-state index is 0.123. The van der Waals surface area contributed by atoms with Crippen LogP contribution < -0.4 is 0 Å². The van der Waals surface area contributed by atoms with E-state index >= 15 is 0 Å².